The van der Waals surface area contributed by atoms with Crippen LogP contribution in [0.4, 0.5) is 5.69 Å². The summed E-state index contributed by atoms with van der Waals surface area (Å²) in [6.07, 6.45) is 1.99. The first kappa shape index (κ1) is 23.0. The molecule has 0 spiro atoms. The van der Waals surface area contributed by atoms with Crippen molar-refractivity contribution in [3.8, 4) is 0 Å². The van der Waals surface area contributed by atoms with Crippen molar-refractivity contribution < 1.29 is 18.0 Å². The van der Waals surface area contributed by atoms with E-state index in [4.69, 9.17) is 0 Å². The topological polar surface area (TPSA) is 113 Å². The monoisotopic (exact) mass is 447 g/mol. The third-order valence-corrected chi connectivity index (χ3v) is 7.54. The summed E-state index contributed by atoms with van der Waals surface area (Å²) in [7, 11) is -3.68. The van der Waals surface area contributed by atoms with Crippen LogP contribution in [0.1, 0.15) is 48.4 Å². The standard InChI is InChI=1S/C21H29N5O4S/c1-5-25(6-2)31(29,30)20-14(3)24-26(15(20)4)13-19(27)22-18-9-7-8-16(12-18)21(28)23-17-10-11-17/h7-9,12,17H,5-6,10-11,13H2,1-4H3,(H,22,27)(H,23,28). The average Bonchev–Trinajstić information content (AvgIpc) is 3.47. The van der Waals surface area contributed by atoms with Crippen LogP contribution < -0.4 is 10.6 Å². The summed E-state index contributed by atoms with van der Waals surface area (Å²) < 4.78 is 28.6. The lowest BCUT2D eigenvalue weighted by molar-refractivity contribution is -0.116. The van der Waals surface area contributed by atoms with Gasteiger partial charge in [0.2, 0.25) is 15.9 Å². The number of carbonyl (C=O) groups excluding carboxylic acids is 2. The Morgan fingerprint density at radius 1 is 1.19 bits per heavy atom. The number of nitrogens with zero attached hydrogens (tertiary/aromatic N) is 3. The molecule has 1 aliphatic carbocycles. The molecule has 2 N–H and O–H groups in total. The van der Waals surface area contributed by atoms with E-state index in [1.54, 1.807) is 52.0 Å². The van der Waals surface area contributed by atoms with Crippen LogP contribution in [0.2, 0.25) is 0 Å². The molecule has 1 aromatic carbocycles. The highest BCUT2D eigenvalue weighted by atomic mass is 32.2. The molecular weight excluding hydrogens is 418 g/mol. The van der Waals surface area contributed by atoms with Crippen molar-refractivity contribution in [1.82, 2.24) is 19.4 Å². The van der Waals surface area contributed by atoms with Crippen molar-refractivity contribution in [2.45, 2.75) is 58.0 Å². The van der Waals surface area contributed by atoms with Gasteiger partial charge in [-0.2, -0.15) is 9.40 Å². The van der Waals surface area contributed by atoms with Crippen LogP contribution in [0, 0.1) is 13.8 Å². The summed E-state index contributed by atoms with van der Waals surface area (Å²) in [5.41, 5.74) is 1.74. The smallest absolute Gasteiger partial charge is 0.251 e. The van der Waals surface area contributed by atoms with E-state index in [1.165, 1.54) is 8.99 Å². The SMILES string of the molecule is CCN(CC)S(=O)(=O)c1c(C)nn(CC(=O)Nc2cccc(C(=O)NC3CC3)c2)c1C. The number of sulfonamides is 1. The van der Waals surface area contributed by atoms with Gasteiger partial charge >= 0.3 is 0 Å². The Bertz CT molecular complexity index is 1090. The van der Waals surface area contributed by atoms with Crippen molar-refractivity contribution in [1.29, 1.82) is 0 Å². The normalized spacial score (nSPS) is 14.0. The van der Waals surface area contributed by atoms with Gasteiger partial charge in [0.15, 0.2) is 0 Å². The highest BCUT2D eigenvalue weighted by Crippen LogP contribution is 2.24. The molecule has 1 heterocycles. The summed E-state index contributed by atoms with van der Waals surface area (Å²) >= 11 is 0. The van der Waals surface area contributed by atoms with Gasteiger partial charge in [0.1, 0.15) is 11.4 Å². The lowest BCUT2D eigenvalue weighted by Gasteiger charge is -2.18. The number of anilines is 1. The molecule has 1 fully saturated rings. The van der Waals surface area contributed by atoms with E-state index >= 15 is 0 Å². The molecule has 168 valence electrons. The molecule has 3 rings (SSSR count). The minimum Gasteiger partial charge on any atom is -0.349 e. The lowest BCUT2D eigenvalue weighted by atomic mass is 10.2. The maximum atomic E-state index is 12.9. The van der Waals surface area contributed by atoms with E-state index in [2.05, 4.69) is 15.7 Å². The highest BCUT2D eigenvalue weighted by Gasteiger charge is 2.29. The van der Waals surface area contributed by atoms with Gasteiger partial charge in [0.25, 0.3) is 5.91 Å². The molecule has 1 aromatic heterocycles. The fraction of sp³-hybridized carbons (Fsp3) is 0.476. The molecule has 2 aromatic rings. The Morgan fingerprint density at radius 2 is 1.87 bits per heavy atom. The van der Waals surface area contributed by atoms with Gasteiger partial charge in [0, 0.05) is 30.4 Å². The Balaban J connectivity index is 1.74. The minimum atomic E-state index is -3.68. The van der Waals surface area contributed by atoms with Crippen molar-refractivity contribution in [2.24, 2.45) is 0 Å². The van der Waals surface area contributed by atoms with Crippen molar-refractivity contribution in [3.63, 3.8) is 0 Å². The van der Waals surface area contributed by atoms with Crippen LogP contribution in [0.5, 0.6) is 0 Å². The predicted molar refractivity (Wildman–Crippen MR) is 117 cm³/mol. The lowest BCUT2D eigenvalue weighted by Crippen LogP contribution is -2.31. The number of aryl methyl sites for hydroxylation is 1. The predicted octanol–water partition coefficient (Wildman–Crippen LogP) is 2.06. The number of carbonyl (C=O) groups is 2. The molecular formula is C21H29N5O4S. The number of amides is 2. The number of hydrogen-bond donors (Lipinski definition) is 2. The van der Waals surface area contributed by atoms with Gasteiger partial charge in [0.05, 0.1) is 11.4 Å². The van der Waals surface area contributed by atoms with Gasteiger partial charge in [-0.3, -0.25) is 14.3 Å². The molecule has 0 atom stereocenters. The van der Waals surface area contributed by atoms with E-state index in [9.17, 15) is 18.0 Å². The van der Waals surface area contributed by atoms with Gasteiger partial charge in [-0.25, -0.2) is 8.42 Å². The van der Waals surface area contributed by atoms with Gasteiger partial charge in [-0.1, -0.05) is 19.9 Å². The molecule has 9 nitrogen and oxygen atoms in total. The summed E-state index contributed by atoms with van der Waals surface area (Å²) in [5, 5.41) is 9.95. The molecule has 31 heavy (non-hydrogen) atoms. The first-order valence-corrected chi connectivity index (χ1v) is 11.9. The van der Waals surface area contributed by atoms with Crippen molar-refractivity contribution >= 4 is 27.5 Å². The Kier molecular flexibility index (Phi) is 6.80. The Labute approximate surface area is 182 Å². The van der Waals surface area contributed by atoms with Crippen molar-refractivity contribution in [2.75, 3.05) is 18.4 Å². The molecule has 0 saturated heterocycles. The zero-order valence-electron chi connectivity index (χ0n) is 18.3. The second-order valence-electron chi connectivity index (χ2n) is 7.62. The summed E-state index contributed by atoms with van der Waals surface area (Å²) in [4.78, 5) is 24.9. The summed E-state index contributed by atoms with van der Waals surface area (Å²) in [5.74, 6) is -0.527. The number of aromatic nitrogens is 2. The van der Waals surface area contributed by atoms with E-state index in [1.807, 2.05) is 0 Å². The van der Waals surface area contributed by atoms with Crippen LogP contribution in [0.25, 0.3) is 0 Å². The molecule has 0 bridgehead atoms. The second kappa shape index (κ2) is 9.19. The highest BCUT2D eigenvalue weighted by molar-refractivity contribution is 7.89. The van der Waals surface area contributed by atoms with Crippen LogP contribution in [-0.4, -0.2) is 53.4 Å². The molecule has 0 aliphatic heterocycles. The van der Waals surface area contributed by atoms with Crippen LogP contribution in [-0.2, 0) is 21.4 Å². The zero-order valence-corrected chi connectivity index (χ0v) is 19.1. The average molecular weight is 448 g/mol. The number of hydrogen-bond acceptors (Lipinski definition) is 5. The van der Waals surface area contributed by atoms with Gasteiger partial charge < -0.3 is 10.6 Å². The maximum absolute atomic E-state index is 12.9. The van der Waals surface area contributed by atoms with Crippen LogP contribution in [0.3, 0.4) is 0 Å². The molecule has 1 saturated carbocycles. The maximum Gasteiger partial charge on any atom is 0.251 e. The largest absolute Gasteiger partial charge is 0.349 e. The van der Waals surface area contributed by atoms with Crippen molar-refractivity contribution in [3.05, 3.63) is 41.2 Å². The van der Waals surface area contributed by atoms with E-state index in [0.29, 0.717) is 35.7 Å². The summed E-state index contributed by atoms with van der Waals surface area (Å²) in [6.45, 7) is 7.40. The number of benzene rings is 1. The Morgan fingerprint density at radius 3 is 2.48 bits per heavy atom. The van der Waals surface area contributed by atoms with Gasteiger partial charge in [-0.05, 0) is 44.9 Å². The fourth-order valence-electron chi connectivity index (χ4n) is 3.47. The number of rotatable bonds is 9. The molecule has 0 radical (unpaired) electrons. The van der Waals surface area contributed by atoms with Crippen LogP contribution >= 0.6 is 0 Å². The third-order valence-electron chi connectivity index (χ3n) is 5.23. The zero-order chi connectivity index (χ0) is 22.8. The first-order valence-electron chi connectivity index (χ1n) is 10.4. The molecule has 10 heteroatoms. The second-order valence-corrected chi connectivity index (χ2v) is 9.50. The first-order chi connectivity index (χ1) is 14.7. The number of nitrogens with one attached hydrogen (secondary N) is 2. The molecule has 0 unspecified atom stereocenters. The van der Waals surface area contributed by atoms with Crippen LogP contribution in [0.15, 0.2) is 29.2 Å². The minimum absolute atomic E-state index is 0.140. The van der Waals surface area contributed by atoms with E-state index in [0.717, 1.165) is 12.8 Å². The quantitative estimate of drug-likeness (QED) is 0.611. The summed E-state index contributed by atoms with van der Waals surface area (Å²) in [6, 6.07) is 6.96. The fourth-order valence-corrected chi connectivity index (χ4v) is 5.30. The Hall–Kier alpha value is -2.72. The molecule has 2 amide bonds. The van der Waals surface area contributed by atoms with E-state index < -0.39 is 10.0 Å². The molecule has 1 aliphatic rings. The van der Waals surface area contributed by atoms with E-state index in [-0.39, 0.29) is 29.3 Å². The van der Waals surface area contributed by atoms with Gasteiger partial charge in [-0.15, -0.1) is 0 Å². The third kappa shape index (κ3) is 5.13.